The molecule has 7 nitrogen and oxygen atoms in total. The summed E-state index contributed by atoms with van der Waals surface area (Å²) in [5.74, 6) is 1.01. The van der Waals surface area contributed by atoms with Crippen LogP contribution in [0, 0.1) is 0 Å². The number of nitrogens with two attached hydrogens (primary N) is 1. The maximum atomic E-state index is 13.0. The van der Waals surface area contributed by atoms with E-state index in [4.69, 9.17) is 15.2 Å². The van der Waals surface area contributed by atoms with Crippen molar-refractivity contribution < 1.29 is 19.1 Å². The zero-order chi connectivity index (χ0) is 21.3. The van der Waals surface area contributed by atoms with Gasteiger partial charge in [0.05, 0.1) is 6.54 Å². The molecule has 0 spiro atoms. The lowest BCUT2D eigenvalue weighted by Gasteiger charge is -2.32. The van der Waals surface area contributed by atoms with E-state index in [9.17, 15) is 9.59 Å². The second-order valence-electron chi connectivity index (χ2n) is 7.34. The molecule has 30 heavy (non-hydrogen) atoms. The lowest BCUT2D eigenvalue weighted by molar-refractivity contribution is -0.133. The molecule has 0 aromatic heterocycles. The van der Waals surface area contributed by atoms with E-state index >= 15 is 0 Å². The first kappa shape index (κ1) is 21.6. The third kappa shape index (κ3) is 6.22. The van der Waals surface area contributed by atoms with Crippen molar-refractivity contribution in [1.29, 1.82) is 0 Å². The van der Waals surface area contributed by atoms with E-state index < -0.39 is 5.91 Å². The first-order valence-electron chi connectivity index (χ1n) is 10.3. The van der Waals surface area contributed by atoms with Gasteiger partial charge >= 0.3 is 0 Å². The Morgan fingerprint density at radius 3 is 2.47 bits per heavy atom. The Labute approximate surface area is 177 Å². The number of ether oxygens (including phenoxy) is 2. The van der Waals surface area contributed by atoms with Crippen molar-refractivity contribution in [1.82, 2.24) is 9.80 Å². The van der Waals surface area contributed by atoms with Gasteiger partial charge in [-0.15, -0.1) is 0 Å². The van der Waals surface area contributed by atoms with Gasteiger partial charge in [-0.3, -0.25) is 14.5 Å². The average Bonchev–Trinajstić information content (AvgIpc) is 2.76. The Kier molecular flexibility index (Phi) is 7.68. The standard InChI is InChI=1S/C23H29N3O4/c1-2-25(15-19-17-29-20-10-6-7-11-21(20)30-19)16-23(28)26(13-12-22(24)27)14-18-8-4-3-5-9-18/h3-11,19H,2,12-17H2,1H3,(H2,24,27)/t19-/m0/s1. The lowest BCUT2D eigenvalue weighted by atomic mass is 10.2. The van der Waals surface area contributed by atoms with Crippen LogP contribution in [0.2, 0.25) is 0 Å². The zero-order valence-corrected chi connectivity index (χ0v) is 17.3. The van der Waals surface area contributed by atoms with Gasteiger partial charge in [0.15, 0.2) is 11.5 Å². The molecule has 2 aromatic carbocycles. The van der Waals surface area contributed by atoms with Crippen LogP contribution >= 0.6 is 0 Å². The summed E-state index contributed by atoms with van der Waals surface area (Å²) in [6.07, 6.45) is -0.0121. The molecule has 2 aromatic rings. The molecule has 1 aliphatic heterocycles. The summed E-state index contributed by atoms with van der Waals surface area (Å²) in [6.45, 7) is 4.71. The number of nitrogens with zero attached hydrogens (tertiary/aromatic N) is 2. The normalized spacial score (nSPS) is 15.1. The molecule has 7 heteroatoms. The quantitative estimate of drug-likeness (QED) is 0.647. The molecule has 0 bridgehead atoms. The van der Waals surface area contributed by atoms with Crippen molar-refractivity contribution in [2.45, 2.75) is 26.0 Å². The summed E-state index contributed by atoms with van der Waals surface area (Å²) in [5.41, 5.74) is 6.32. The van der Waals surface area contributed by atoms with Crippen molar-refractivity contribution in [3.63, 3.8) is 0 Å². The number of hydrogen-bond acceptors (Lipinski definition) is 5. The first-order chi connectivity index (χ1) is 14.5. The molecule has 0 saturated carbocycles. The predicted molar refractivity (Wildman–Crippen MR) is 114 cm³/mol. The third-order valence-electron chi connectivity index (χ3n) is 5.03. The second kappa shape index (κ2) is 10.6. The molecule has 2 amide bonds. The molecule has 1 heterocycles. The number of primary amides is 1. The summed E-state index contributed by atoms with van der Waals surface area (Å²) in [7, 11) is 0. The first-order valence-corrected chi connectivity index (χ1v) is 10.3. The molecule has 2 N–H and O–H groups in total. The molecule has 1 aliphatic rings. The topological polar surface area (TPSA) is 85.1 Å². The van der Waals surface area contributed by atoms with Gasteiger partial charge in [0.1, 0.15) is 12.7 Å². The molecular formula is C23H29N3O4. The Hall–Kier alpha value is -3.06. The summed E-state index contributed by atoms with van der Waals surface area (Å²) in [4.78, 5) is 28.0. The van der Waals surface area contributed by atoms with Gasteiger partial charge in [0.2, 0.25) is 11.8 Å². The Morgan fingerprint density at radius 2 is 1.77 bits per heavy atom. The number of amides is 2. The fraction of sp³-hybridized carbons (Fsp3) is 0.391. The van der Waals surface area contributed by atoms with Gasteiger partial charge in [0, 0.05) is 26.1 Å². The minimum atomic E-state index is -0.417. The van der Waals surface area contributed by atoms with Gasteiger partial charge in [-0.2, -0.15) is 0 Å². The highest BCUT2D eigenvalue weighted by Crippen LogP contribution is 2.31. The summed E-state index contributed by atoms with van der Waals surface area (Å²) >= 11 is 0. The molecule has 1 atom stereocenters. The zero-order valence-electron chi connectivity index (χ0n) is 17.3. The van der Waals surface area contributed by atoms with E-state index in [1.807, 2.05) is 66.4 Å². The van der Waals surface area contributed by atoms with E-state index in [1.165, 1.54) is 0 Å². The Balaban J connectivity index is 1.60. The maximum absolute atomic E-state index is 13.0. The van der Waals surface area contributed by atoms with Crippen LogP contribution in [0.3, 0.4) is 0 Å². The van der Waals surface area contributed by atoms with Crippen molar-refractivity contribution in [3.8, 4) is 11.5 Å². The summed E-state index contributed by atoms with van der Waals surface area (Å²) in [6, 6.07) is 17.3. The van der Waals surface area contributed by atoms with Crippen molar-refractivity contribution in [2.24, 2.45) is 5.73 Å². The number of hydrogen-bond donors (Lipinski definition) is 1. The predicted octanol–water partition coefficient (Wildman–Crippen LogP) is 2.05. The molecule has 0 aliphatic carbocycles. The lowest BCUT2D eigenvalue weighted by Crippen LogP contribution is -2.46. The van der Waals surface area contributed by atoms with Crippen LogP contribution in [0.5, 0.6) is 11.5 Å². The number of likely N-dealkylation sites (N-methyl/N-ethyl adjacent to an activating group) is 1. The average molecular weight is 412 g/mol. The van der Waals surface area contributed by atoms with E-state index in [2.05, 4.69) is 0 Å². The van der Waals surface area contributed by atoms with Gasteiger partial charge in [-0.25, -0.2) is 0 Å². The highest BCUT2D eigenvalue weighted by atomic mass is 16.6. The second-order valence-corrected chi connectivity index (χ2v) is 7.34. The van der Waals surface area contributed by atoms with Crippen LogP contribution in [0.4, 0.5) is 0 Å². The Bertz CT molecular complexity index is 843. The van der Waals surface area contributed by atoms with E-state index in [0.29, 0.717) is 32.8 Å². The van der Waals surface area contributed by atoms with Crippen LogP contribution in [-0.4, -0.2) is 60.5 Å². The smallest absolute Gasteiger partial charge is 0.237 e. The van der Waals surface area contributed by atoms with Gasteiger partial charge in [0.25, 0.3) is 0 Å². The number of para-hydroxylation sites is 2. The molecule has 160 valence electrons. The van der Waals surface area contributed by atoms with Crippen LogP contribution in [0.25, 0.3) is 0 Å². The molecule has 0 radical (unpaired) electrons. The highest BCUT2D eigenvalue weighted by molar-refractivity contribution is 5.79. The maximum Gasteiger partial charge on any atom is 0.237 e. The van der Waals surface area contributed by atoms with Crippen LogP contribution in [0.1, 0.15) is 18.9 Å². The van der Waals surface area contributed by atoms with Crippen molar-refractivity contribution in [3.05, 3.63) is 60.2 Å². The number of carbonyl (C=O) groups is 2. The van der Waals surface area contributed by atoms with E-state index in [0.717, 1.165) is 17.1 Å². The molecular weight excluding hydrogens is 382 g/mol. The van der Waals surface area contributed by atoms with E-state index in [1.54, 1.807) is 4.90 Å². The van der Waals surface area contributed by atoms with Crippen molar-refractivity contribution >= 4 is 11.8 Å². The number of rotatable bonds is 10. The monoisotopic (exact) mass is 411 g/mol. The van der Waals surface area contributed by atoms with Crippen molar-refractivity contribution in [2.75, 3.05) is 32.8 Å². The molecule has 3 rings (SSSR count). The van der Waals surface area contributed by atoms with Gasteiger partial charge in [-0.1, -0.05) is 49.4 Å². The number of carbonyl (C=O) groups excluding carboxylic acids is 2. The van der Waals surface area contributed by atoms with Crippen LogP contribution < -0.4 is 15.2 Å². The minimum absolute atomic E-state index is 0.0425. The summed E-state index contributed by atoms with van der Waals surface area (Å²) in [5, 5.41) is 0. The van der Waals surface area contributed by atoms with Crippen LogP contribution in [-0.2, 0) is 16.1 Å². The number of benzene rings is 2. The molecule has 0 unspecified atom stereocenters. The highest BCUT2D eigenvalue weighted by Gasteiger charge is 2.25. The molecule has 0 saturated heterocycles. The number of fused-ring (bicyclic) bond motifs is 1. The molecule has 0 fully saturated rings. The third-order valence-corrected chi connectivity index (χ3v) is 5.03. The Morgan fingerprint density at radius 1 is 1.07 bits per heavy atom. The minimum Gasteiger partial charge on any atom is -0.486 e. The fourth-order valence-corrected chi connectivity index (χ4v) is 3.38. The summed E-state index contributed by atoms with van der Waals surface area (Å²) < 4.78 is 11.8. The van der Waals surface area contributed by atoms with Gasteiger partial charge in [-0.05, 0) is 24.2 Å². The van der Waals surface area contributed by atoms with Crippen LogP contribution in [0.15, 0.2) is 54.6 Å². The fourth-order valence-electron chi connectivity index (χ4n) is 3.38. The SMILES string of the molecule is CCN(CC(=O)N(CCC(N)=O)Cc1ccccc1)C[C@H]1COc2ccccc2O1. The van der Waals surface area contributed by atoms with E-state index in [-0.39, 0.29) is 25.0 Å². The largest absolute Gasteiger partial charge is 0.486 e. The van der Waals surface area contributed by atoms with Gasteiger partial charge < -0.3 is 20.1 Å².